The maximum atomic E-state index is 11.0. The van der Waals surface area contributed by atoms with Gasteiger partial charge in [0.2, 0.25) is 0 Å². The second-order valence-corrected chi connectivity index (χ2v) is 5.37. The molecular weight excluding hydrogens is 152 g/mol. The van der Waals surface area contributed by atoms with E-state index in [9.17, 15) is 4.79 Å². The summed E-state index contributed by atoms with van der Waals surface area (Å²) in [6.45, 7) is 4.08. The number of carbonyl (C=O) groups excluding carboxylic acids is 1. The zero-order chi connectivity index (χ0) is 6.85. The molecule has 52 valence electrons. The van der Waals surface area contributed by atoms with Crippen LogP contribution in [0.4, 0.5) is 0 Å². The Morgan fingerprint density at radius 3 is 2.56 bits per heavy atom. The van der Waals surface area contributed by atoms with E-state index < -0.39 is 0 Å². The molecule has 2 atom stereocenters. The molecule has 3 heteroatoms. The Morgan fingerprint density at radius 1 is 1.44 bits per heavy atom. The first-order valence-corrected chi connectivity index (χ1v) is 5.32. The van der Waals surface area contributed by atoms with Crippen LogP contribution in [0.2, 0.25) is 0 Å². The Kier molecular flexibility index (Phi) is 2.47. The van der Waals surface area contributed by atoms with Crippen LogP contribution in [0.5, 0.6) is 0 Å². The Labute approximate surface area is 63.4 Å². The fourth-order valence-corrected chi connectivity index (χ4v) is 3.10. The standard InChI is InChI=1S/C6H10OS2/c1-4-3-6(7)5(2)9-8-4/h4-5H,3H2,1-2H3/t4-,5-/m0/s1. The fraction of sp³-hybridized carbons (Fsp3) is 0.833. The van der Waals surface area contributed by atoms with Gasteiger partial charge in [-0.05, 0) is 6.92 Å². The van der Waals surface area contributed by atoms with Gasteiger partial charge in [-0.2, -0.15) is 0 Å². The van der Waals surface area contributed by atoms with Gasteiger partial charge in [0, 0.05) is 11.7 Å². The van der Waals surface area contributed by atoms with E-state index in [2.05, 4.69) is 6.92 Å². The van der Waals surface area contributed by atoms with E-state index in [1.54, 1.807) is 10.8 Å². The molecule has 0 spiro atoms. The Bertz CT molecular complexity index is 124. The molecule has 0 aromatic carbocycles. The van der Waals surface area contributed by atoms with Crippen LogP contribution >= 0.6 is 21.6 Å². The molecule has 1 fully saturated rings. The highest BCUT2D eigenvalue weighted by molar-refractivity contribution is 8.77. The zero-order valence-corrected chi connectivity index (χ0v) is 7.22. The molecule has 0 aromatic rings. The maximum Gasteiger partial charge on any atom is 0.147 e. The van der Waals surface area contributed by atoms with Gasteiger partial charge in [-0.3, -0.25) is 4.79 Å². The van der Waals surface area contributed by atoms with Crippen LogP contribution in [0.15, 0.2) is 0 Å². The van der Waals surface area contributed by atoms with Crippen molar-refractivity contribution in [2.75, 3.05) is 0 Å². The monoisotopic (exact) mass is 162 g/mol. The predicted octanol–water partition coefficient (Wildman–Crippen LogP) is 2.12. The first kappa shape index (κ1) is 7.48. The summed E-state index contributed by atoms with van der Waals surface area (Å²) in [4.78, 5) is 11.0. The van der Waals surface area contributed by atoms with Crippen LogP contribution in [-0.2, 0) is 4.79 Å². The van der Waals surface area contributed by atoms with Crippen LogP contribution in [0.3, 0.4) is 0 Å². The summed E-state index contributed by atoms with van der Waals surface area (Å²) in [5.74, 6) is 0.409. The summed E-state index contributed by atoms with van der Waals surface area (Å²) < 4.78 is 0. The molecule has 0 bridgehead atoms. The second kappa shape index (κ2) is 2.97. The molecule has 0 N–H and O–H groups in total. The highest BCUT2D eigenvalue weighted by Crippen LogP contribution is 2.38. The van der Waals surface area contributed by atoms with Crippen molar-refractivity contribution in [3.63, 3.8) is 0 Å². The first-order valence-electron chi connectivity index (χ1n) is 3.05. The van der Waals surface area contributed by atoms with E-state index in [1.807, 2.05) is 17.7 Å². The quantitative estimate of drug-likeness (QED) is 0.508. The molecule has 1 nitrogen and oxygen atoms in total. The smallest absolute Gasteiger partial charge is 0.147 e. The van der Waals surface area contributed by atoms with Crippen LogP contribution < -0.4 is 0 Å². The van der Waals surface area contributed by atoms with E-state index in [1.165, 1.54) is 0 Å². The molecule has 0 unspecified atom stereocenters. The minimum atomic E-state index is 0.228. The van der Waals surface area contributed by atoms with Crippen molar-refractivity contribution >= 4 is 27.4 Å². The number of Topliss-reactive ketones (excluding diaryl/α,β-unsaturated/α-hetero) is 1. The number of hydrogen-bond acceptors (Lipinski definition) is 3. The Balaban J connectivity index is 2.44. The molecular formula is C6H10OS2. The first-order chi connectivity index (χ1) is 4.20. The molecule has 1 aliphatic rings. The van der Waals surface area contributed by atoms with Gasteiger partial charge in [0.05, 0.1) is 5.25 Å². The van der Waals surface area contributed by atoms with Crippen molar-refractivity contribution in [2.24, 2.45) is 0 Å². The van der Waals surface area contributed by atoms with Gasteiger partial charge in [0.25, 0.3) is 0 Å². The molecule has 0 aromatic heterocycles. The lowest BCUT2D eigenvalue weighted by atomic mass is 10.2. The third-order valence-electron chi connectivity index (χ3n) is 1.31. The zero-order valence-electron chi connectivity index (χ0n) is 5.59. The normalized spacial score (nSPS) is 36.9. The van der Waals surface area contributed by atoms with Crippen LogP contribution in [0, 0.1) is 0 Å². The van der Waals surface area contributed by atoms with Gasteiger partial charge in [0.15, 0.2) is 0 Å². The van der Waals surface area contributed by atoms with Gasteiger partial charge in [-0.1, -0.05) is 28.5 Å². The maximum absolute atomic E-state index is 11.0. The molecule has 0 aliphatic carbocycles. The molecule has 9 heavy (non-hydrogen) atoms. The van der Waals surface area contributed by atoms with Gasteiger partial charge < -0.3 is 0 Å². The van der Waals surface area contributed by atoms with Gasteiger partial charge in [0.1, 0.15) is 5.78 Å². The van der Waals surface area contributed by atoms with E-state index in [0.29, 0.717) is 11.0 Å². The van der Waals surface area contributed by atoms with Gasteiger partial charge >= 0.3 is 0 Å². The molecule has 0 saturated carbocycles. The van der Waals surface area contributed by atoms with Gasteiger partial charge in [-0.25, -0.2) is 0 Å². The number of rotatable bonds is 0. The summed E-state index contributed by atoms with van der Waals surface area (Å²) in [7, 11) is 3.53. The highest BCUT2D eigenvalue weighted by Gasteiger charge is 2.23. The molecule has 0 radical (unpaired) electrons. The van der Waals surface area contributed by atoms with Crippen LogP contribution in [0.25, 0.3) is 0 Å². The Morgan fingerprint density at radius 2 is 2.11 bits per heavy atom. The average molecular weight is 162 g/mol. The minimum Gasteiger partial charge on any atom is -0.298 e. The third-order valence-corrected chi connectivity index (χ3v) is 4.65. The molecule has 1 rings (SSSR count). The lowest BCUT2D eigenvalue weighted by Crippen LogP contribution is -2.20. The predicted molar refractivity (Wildman–Crippen MR) is 43.7 cm³/mol. The lowest BCUT2D eigenvalue weighted by molar-refractivity contribution is -0.118. The minimum absolute atomic E-state index is 0.228. The summed E-state index contributed by atoms with van der Waals surface area (Å²) in [5.41, 5.74) is 0. The van der Waals surface area contributed by atoms with Gasteiger partial charge in [-0.15, -0.1) is 0 Å². The van der Waals surface area contributed by atoms with Crippen molar-refractivity contribution in [1.29, 1.82) is 0 Å². The van der Waals surface area contributed by atoms with Crippen LogP contribution in [-0.4, -0.2) is 16.3 Å². The topological polar surface area (TPSA) is 17.1 Å². The Hall–Kier alpha value is 0.370. The fourth-order valence-electron chi connectivity index (χ4n) is 0.715. The highest BCUT2D eigenvalue weighted by atomic mass is 33.1. The van der Waals surface area contributed by atoms with Crippen molar-refractivity contribution in [1.82, 2.24) is 0 Å². The number of hydrogen-bond donors (Lipinski definition) is 0. The molecule has 1 saturated heterocycles. The summed E-state index contributed by atoms with van der Waals surface area (Å²) in [6, 6.07) is 0. The second-order valence-electron chi connectivity index (χ2n) is 2.32. The molecule has 1 heterocycles. The molecule has 1 aliphatic heterocycles. The van der Waals surface area contributed by atoms with E-state index in [-0.39, 0.29) is 5.25 Å². The summed E-state index contributed by atoms with van der Waals surface area (Å²) in [6.07, 6.45) is 0.763. The van der Waals surface area contributed by atoms with E-state index >= 15 is 0 Å². The largest absolute Gasteiger partial charge is 0.298 e. The molecule has 0 amide bonds. The summed E-state index contributed by atoms with van der Waals surface area (Å²) >= 11 is 0. The van der Waals surface area contributed by atoms with E-state index in [4.69, 9.17) is 0 Å². The van der Waals surface area contributed by atoms with Crippen LogP contribution in [0.1, 0.15) is 20.3 Å². The van der Waals surface area contributed by atoms with E-state index in [0.717, 1.165) is 6.42 Å². The van der Waals surface area contributed by atoms with Crippen molar-refractivity contribution in [3.8, 4) is 0 Å². The average Bonchev–Trinajstić information content (AvgIpc) is 1.80. The van der Waals surface area contributed by atoms with Crippen molar-refractivity contribution < 1.29 is 4.79 Å². The third kappa shape index (κ3) is 1.90. The summed E-state index contributed by atoms with van der Waals surface area (Å²) in [5, 5.41) is 0.755. The SMILES string of the molecule is C[C@@H]1SS[C@@H](C)CC1=O. The number of ketones is 1. The van der Waals surface area contributed by atoms with Crippen molar-refractivity contribution in [3.05, 3.63) is 0 Å². The van der Waals surface area contributed by atoms with Crippen molar-refractivity contribution in [2.45, 2.75) is 30.8 Å². The lowest BCUT2D eigenvalue weighted by Gasteiger charge is -2.19. The number of carbonyl (C=O) groups is 1.